The van der Waals surface area contributed by atoms with Gasteiger partial charge >= 0.3 is 5.97 Å². The van der Waals surface area contributed by atoms with E-state index >= 15 is 0 Å². The molecule has 1 N–H and O–H groups in total. The van der Waals surface area contributed by atoms with Gasteiger partial charge < -0.3 is 14.7 Å². The topological polar surface area (TPSA) is 68.1 Å². The van der Waals surface area contributed by atoms with E-state index in [1.807, 2.05) is 44.2 Å². The van der Waals surface area contributed by atoms with Crippen LogP contribution in [0.5, 0.6) is 5.75 Å². The van der Waals surface area contributed by atoms with Crippen molar-refractivity contribution in [1.29, 1.82) is 0 Å². The average molecular weight is 313 g/mol. The predicted octanol–water partition coefficient (Wildman–Crippen LogP) is 3.32. The van der Waals surface area contributed by atoms with Gasteiger partial charge in [0.15, 0.2) is 5.71 Å². The number of aliphatic carboxylic acids is 1. The first-order chi connectivity index (χ1) is 11.0. The third kappa shape index (κ3) is 3.88. The van der Waals surface area contributed by atoms with Gasteiger partial charge in [0.05, 0.1) is 0 Å². The fraction of sp³-hybridized carbons (Fsp3) is 0.222. The molecule has 0 radical (unpaired) electrons. The SMILES string of the molecule is CON=C(C(=O)O)c1ccccc1COc1cccc(C)c1C. The summed E-state index contributed by atoms with van der Waals surface area (Å²) in [6, 6.07) is 12.9. The number of nitrogens with zero attached hydrogens (tertiary/aromatic N) is 1. The van der Waals surface area contributed by atoms with E-state index in [1.54, 1.807) is 12.1 Å². The maximum atomic E-state index is 11.4. The highest BCUT2D eigenvalue weighted by Crippen LogP contribution is 2.22. The number of aryl methyl sites for hydroxylation is 1. The molecule has 0 amide bonds. The van der Waals surface area contributed by atoms with Crippen molar-refractivity contribution in [3.05, 3.63) is 64.7 Å². The molecule has 0 spiro atoms. The number of carboxylic acids is 1. The monoisotopic (exact) mass is 313 g/mol. The summed E-state index contributed by atoms with van der Waals surface area (Å²) in [6.07, 6.45) is 0. The number of hydrogen-bond acceptors (Lipinski definition) is 4. The number of carboxylic acid groups (broad SMARTS) is 1. The Kier molecular flexibility index (Phi) is 5.36. The van der Waals surface area contributed by atoms with Gasteiger partial charge in [0.2, 0.25) is 0 Å². The largest absolute Gasteiger partial charge is 0.489 e. The summed E-state index contributed by atoms with van der Waals surface area (Å²) in [7, 11) is 1.32. The van der Waals surface area contributed by atoms with Crippen LogP contribution in [0.3, 0.4) is 0 Å². The van der Waals surface area contributed by atoms with Gasteiger partial charge in [0, 0.05) is 5.56 Å². The van der Waals surface area contributed by atoms with Crippen LogP contribution in [0.2, 0.25) is 0 Å². The minimum Gasteiger partial charge on any atom is -0.489 e. The summed E-state index contributed by atoms with van der Waals surface area (Å²) in [5.74, 6) is -0.369. The van der Waals surface area contributed by atoms with Crippen LogP contribution in [0.25, 0.3) is 0 Å². The molecule has 0 saturated heterocycles. The zero-order valence-electron chi connectivity index (χ0n) is 13.4. The zero-order valence-corrected chi connectivity index (χ0v) is 13.4. The second-order valence-corrected chi connectivity index (χ2v) is 5.07. The number of ether oxygens (including phenoxy) is 1. The summed E-state index contributed by atoms with van der Waals surface area (Å²) in [4.78, 5) is 16.0. The fourth-order valence-electron chi connectivity index (χ4n) is 2.21. The molecule has 5 heteroatoms. The summed E-state index contributed by atoms with van der Waals surface area (Å²) < 4.78 is 5.86. The number of benzene rings is 2. The molecule has 120 valence electrons. The van der Waals surface area contributed by atoms with E-state index < -0.39 is 5.97 Å². The first kappa shape index (κ1) is 16.5. The molecule has 0 saturated carbocycles. The lowest BCUT2D eigenvalue weighted by Gasteiger charge is -2.13. The highest BCUT2D eigenvalue weighted by Gasteiger charge is 2.17. The summed E-state index contributed by atoms with van der Waals surface area (Å²) in [6.45, 7) is 4.26. The van der Waals surface area contributed by atoms with Crippen LogP contribution in [0.1, 0.15) is 22.3 Å². The Balaban J connectivity index is 2.29. The molecule has 0 aliphatic carbocycles. The van der Waals surface area contributed by atoms with Crippen molar-refractivity contribution in [2.75, 3.05) is 7.11 Å². The lowest BCUT2D eigenvalue weighted by molar-refractivity contribution is -0.129. The minimum absolute atomic E-state index is 0.146. The van der Waals surface area contributed by atoms with Crippen LogP contribution >= 0.6 is 0 Å². The molecule has 2 aromatic rings. The van der Waals surface area contributed by atoms with E-state index in [0.717, 1.165) is 22.4 Å². The Morgan fingerprint density at radius 3 is 2.57 bits per heavy atom. The van der Waals surface area contributed by atoms with Gasteiger partial charge in [-0.2, -0.15) is 0 Å². The second-order valence-electron chi connectivity index (χ2n) is 5.07. The normalized spacial score (nSPS) is 11.2. The molecule has 0 aliphatic heterocycles. The van der Waals surface area contributed by atoms with Crippen molar-refractivity contribution in [2.45, 2.75) is 20.5 Å². The van der Waals surface area contributed by atoms with E-state index in [9.17, 15) is 9.90 Å². The molecule has 0 aliphatic rings. The number of carbonyl (C=O) groups is 1. The number of hydrogen-bond donors (Lipinski definition) is 1. The molecule has 0 heterocycles. The van der Waals surface area contributed by atoms with Gasteiger partial charge in [0.25, 0.3) is 0 Å². The molecule has 0 unspecified atom stereocenters. The Morgan fingerprint density at radius 2 is 1.87 bits per heavy atom. The molecule has 2 rings (SSSR count). The second kappa shape index (κ2) is 7.45. The fourth-order valence-corrected chi connectivity index (χ4v) is 2.21. The maximum Gasteiger partial charge on any atom is 0.358 e. The third-order valence-electron chi connectivity index (χ3n) is 3.60. The molecule has 0 bridgehead atoms. The summed E-state index contributed by atoms with van der Waals surface area (Å²) in [5.41, 5.74) is 3.27. The van der Waals surface area contributed by atoms with Crippen molar-refractivity contribution in [1.82, 2.24) is 0 Å². The Hall–Kier alpha value is -2.82. The average Bonchev–Trinajstić information content (AvgIpc) is 2.54. The van der Waals surface area contributed by atoms with Crippen molar-refractivity contribution in [2.24, 2.45) is 5.16 Å². The van der Waals surface area contributed by atoms with E-state index in [2.05, 4.69) is 9.99 Å². The van der Waals surface area contributed by atoms with Crippen LogP contribution in [0.15, 0.2) is 47.6 Å². The number of rotatable bonds is 6. The predicted molar refractivity (Wildman–Crippen MR) is 87.9 cm³/mol. The van der Waals surface area contributed by atoms with E-state index in [1.165, 1.54) is 7.11 Å². The highest BCUT2D eigenvalue weighted by molar-refractivity contribution is 6.42. The van der Waals surface area contributed by atoms with Crippen LogP contribution in [0.4, 0.5) is 0 Å². The molecule has 0 fully saturated rings. The lowest BCUT2D eigenvalue weighted by atomic mass is 10.0. The van der Waals surface area contributed by atoms with Crippen LogP contribution in [-0.4, -0.2) is 23.9 Å². The van der Waals surface area contributed by atoms with Crippen LogP contribution in [0, 0.1) is 13.8 Å². The van der Waals surface area contributed by atoms with Gasteiger partial charge in [-0.3, -0.25) is 0 Å². The first-order valence-electron chi connectivity index (χ1n) is 7.16. The molecule has 0 aromatic heterocycles. The van der Waals surface area contributed by atoms with E-state index in [-0.39, 0.29) is 12.3 Å². The standard InChI is InChI=1S/C18H19NO4/c1-12-7-6-10-16(13(12)2)23-11-14-8-4-5-9-15(14)17(18(20)21)19-22-3/h4-10H,11H2,1-3H3,(H,20,21). The molecular formula is C18H19NO4. The molecular weight excluding hydrogens is 294 g/mol. The molecule has 2 aromatic carbocycles. The van der Waals surface area contributed by atoms with Gasteiger partial charge in [-0.25, -0.2) is 4.79 Å². The zero-order chi connectivity index (χ0) is 16.8. The Labute approximate surface area is 135 Å². The Morgan fingerprint density at radius 1 is 1.13 bits per heavy atom. The first-order valence-corrected chi connectivity index (χ1v) is 7.16. The van der Waals surface area contributed by atoms with Crippen molar-refractivity contribution in [3.63, 3.8) is 0 Å². The van der Waals surface area contributed by atoms with Gasteiger partial charge in [0.1, 0.15) is 19.5 Å². The summed E-state index contributed by atoms with van der Waals surface area (Å²) in [5, 5.41) is 12.9. The third-order valence-corrected chi connectivity index (χ3v) is 3.60. The highest BCUT2D eigenvalue weighted by atomic mass is 16.6. The van der Waals surface area contributed by atoms with Gasteiger partial charge in [-0.1, -0.05) is 41.6 Å². The smallest absolute Gasteiger partial charge is 0.358 e. The summed E-state index contributed by atoms with van der Waals surface area (Å²) >= 11 is 0. The lowest BCUT2D eigenvalue weighted by Crippen LogP contribution is -2.17. The van der Waals surface area contributed by atoms with Crippen molar-refractivity contribution < 1.29 is 19.5 Å². The molecule has 5 nitrogen and oxygen atoms in total. The van der Waals surface area contributed by atoms with Crippen LogP contribution < -0.4 is 4.74 Å². The maximum absolute atomic E-state index is 11.4. The molecule has 0 atom stereocenters. The number of oxime groups is 1. The van der Waals surface area contributed by atoms with Crippen molar-refractivity contribution >= 4 is 11.7 Å². The van der Waals surface area contributed by atoms with E-state index in [4.69, 9.17) is 4.74 Å². The van der Waals surface area contributed by atoms with E-state index in [0.29, 0.717) is 5.56 Å². The Bertz CT molecular complexity index is 738. The minimum atomic E-state index is -1.15. The van der Waals surface area contributed by atoms with Crippen LogP contribution in [-0.2, 0) is 16.2 Å². The van der Waals surface area contributed by atoms with Gasteiger partial charge in [-0.15, -0.1) is 0 Å². The molecule has 23 heavy (non-hydrogen) atoms. The quantitative estimate of drug-likeness (QED) is 0.656. The van der Waals surface area contributed by atoms with Gasteiger partial charge in [-0.05, 0) is 36.6 Å². The van der Waals surface area contributed by atoms with Crippen molar-refractivity contribution in [3.8, 4) is 5.75 Å².